The van der Waals surface area contributed by atoms with Gasteiger partial charge in [0.05, 0.1) is 9.40 Å². The summed E-state index contributed by atoms with van der Waals surface area (Å²) in [6, 6.07) is 1.04. The predicted octanol–water partition coefficient (Wildman–Crippen LogP) is 17.7. The van der Waals surface area contributed by atoms with Crippen LogP contribution in [0.25, 0.3) is 0 Å². The Bertz CT molecular complexity index is 2820. The van der Waals surface area contributed by atoms with Crippen LogP contribution in [0.1, 0.15) is 44.5 Å². The van der Waals surface area contributed by atoms with Gasteiger partial charge in [-0.25, -0.2) is 101 Å². The van der Waals surface area contributed by atoms with Crippen molar-refractivity contribution in [2.24, 2.45) is 0 Å². The van der Waals surface area contributed by atoms with Crippen molar-refractivity contribution in [3.63, 3.8) is 0 Å². The first-order chi connectivity index (χ1) is 35.4. The zero-order chi connectivity index (χ0) is 61.6. The molecule has 0 heterocycles. The van der Waals surface area contributed by atoms with Crippen LogP contribution in [0, 0.1) is 208 Å². The first-order valence-electron chi connectivity index (χ1n) is 19.0. The molecule has 34 heteroatoms. The van der Waals surface area contributed by atoms with Crippen LogP contribution in [0.4, 0.5) is 129 Å². The van der Waals surface area contributed by atoms with Gasteiger partial charge in [0.25, 0.3) is 0 Å². The zero-order valence-corrected chi connectivity index (χ0v) is 40.4. The van der Waals surface area contributed by atoms with E-state index in [1.165, 1.54) is 0 Å². The topological polar surface area (TPSA) is 66.9 Å². The van der Waals surface area contributed by atoms with Gasteiger partial charge in [-0.2, -0.15) is 27.2 Å². The Balaban J connectivity index is 0.000000469. The van der Waals surface area contributed by atoms with Gasteiger partial charge < -0.3 is 0 Å². The monoisotopic (exact) mass is 1250 g/mol. The lowest BCUT2D eigenvalue weighted by Gasteiger charge is -2.11. The number of halogens is 30. The number of nitro groups is 1. The largest absolute Gasteiger partial charge is 0.422 e. The van der Waals surface area contributed by atoms with E-state index in [2.05, 4.69) is 15.9 Å². The SMILES string of the molecule is Cc1c(F)c(F)c(Br)c(F)c1F.Cc1c(F)c(F)c(C#N)c(F)c1F.Cc1c(F)c(F)c(C(F)(F)F)c(F)c1F.Cc1c(F)c(F)c(Cl)c(F)c1F.Cc1c(F)c(F)c(F)c(F)c1F.Cc1c(F)c(F)c([N+](=O)[O-])c(F)c1F. The van der Waals surface area contributed by atoms with E-state index in [0.29, 0.717) is 6.92 Å². The standard InChI is InChI=1S/C8H3F7.C8H3F4N.C7H3BrF4.C7H3ClF4.C7H3F5.C7H3F4NO2/c1-2-4(9)6(11)3(8(13,14)15)7(12)5(2)10;1-3-5(9)7(11)4(2-13)8(12)6(3)10;2*1-2-4(9)6(11)3(8)7(12)5(2)10;1-2-3(8)5(10)7(12)6(11)4(2)9;1-2-3(8)5(10)7(12(13)14)6(11)4(2)9/h1H3;1H3;3*1H3;1H3. The van der Waals surface area contributed by atoms with Crippen LogP contribution in [0.5, 0.6) is 0 Å². The van der Waals surface area contributed by atoms with Gasteiger partial charge in [-0.15, -0.1) is 0 Å². The minimum absolute atomic E-state index is 0.636. The minimum Gasteiger partial charge on any atom is -0.258 e. The Morgan fingerprint density at radius 1 is 0.372 bits per heavy atom. The highest BCUT2D eigenvalue weighted by Gasteiger charge is 2.42. The molecule has 0 aromatic heterocycles. The average Bonchev–Trinajstić information content (AvgIpc) is 3.39. The van der Waals surface area contributed by atoms with Crippen LogP contribution in [-0.2, 0) is 6.18 Å². The fourth-order valence-electron chi connectivity index (χ4n) is 4.86. The molecule has 6 aromatic carbocycles. The van der Waals surface area contributed by atoms with Crippen LogP contribution in [0.3, 0.4) is 0 Å². The van der Waals surface area contributed by atoms with Crippen LogP contribution < -0.4 is 0 Å². The summed E-state index contributed by atoms with van der Waals surface area (Å²) in [6.45, 7) is 5.00. The minimum atomic E-state index is -5.48. The normalized spacial score (nSPS) is 10.7. The van der Waals surface area contributed by atoms with E-state index >= 15 is 0 Å². The summed E-state index contributed by atoms with van der Waals surface area (Å²) in [4.78, 5) is 8.53. The molecule has 6 rings (SSSR count). The fraction of sp³-hybridized carbons (Fsp3) is 0.159. The maximum Gasteiger partial charge on any atom is 0.422 e. The molecule has 0 atom stereocenters. The Hall–Kier alpha value is -6.98. The van der Waals surface area contributed by atoms with Crippen molar-refractivity contribution >= 4 is 33.2 Å². The molecule has 0 radical (unpaired) electrons. The van der Waals surface area contributed by atoms with Gasteiger partial charge in [-0.05, 0) is 57.5 Å². The summed E-state index contributed by atoms with van der Waals surface area (Å²) in [7, 11) is 0. The molecule has 0 aliphatic carbocycles. The van der Waals surface area contributed by atoms with E-state index in [1.54, 1.807) is 0 Å². The summed E-state index contributed by atoms with van der Waals surface area (Å²) < 4.78 is 350. The average molecular weight is 1250 g/mol. The van der Waals surface area contributed by atoms with E-state index in [0.717, 1.165) is 40.7 Å². The highest BCUT2D eigenvalue weighted by atomic mass is 79.9. The Morgan fingerprint density at radius 2 is 0.577 bits per heavy atom. The molecule has 78 heavy (non-hydrogen) atoms. The summed E-state index contributed by atoms with van der Waals surface area (Å²) in [5.41, 5.74) is -10.7. The number of hydrogen-bond donors (Lipinski definition) is 0. The van der Waals surface area contributed by atoms with Crippen LogP contribution in [0.2, 0.25) is 5.02 Å². The van der Waals surface area contributed by atoms with Gasteiger partial charge in [-0.3, -0.25) is 10.1 Å². The van der Waals surface area contributed by atoms with E-state index < -0.39 is 216 Å². The lowest BCUT2D eigenvalue weighted by molar-refractivity contribution is -0.390. The summed E-state index contributed by atoms with van der Waals surface area (Å²) in [5, 5.41) is 17.1. The van der Waals surface area contributed by atoms with E-state index in [4.69, 9.17) is 16.9 Å². The molecule has 4 nitrogen and oxygen atoms in total. The van der Waals surface area contributed by atoms with Gasteiger partial charge in [0.2, 0.25) is 17.5 Å². The molecule has 6 aromatic rings. The van der Waals surface area contributed by atoms with Crippen LogP contribution in [-0.4, -0.2) is 4.92 Å². The Kier molecular flexibility index (Phi) is 24.0. The van der Waals surface area contributed by atoms with Gasteiger partial charge in [0.1, 0.15) is 22.2 Å². The number of rotatable bonds is 1. The molecule has 0 N–H and O–H groups in total. The fourth-order valence-corrected chi connectivity index (χ4v) is 5.38. The Morgan fingerprint density at radius 3 is 0.821 bits per heavy atom. The van der Waals surface area contributed by atoms with Crippen molar-refractivity contribution in [1.29, 1.82) is 5.26 Å². The zero-order valence-electron chi connectivity index (χ0n) is 38.0. The number of nitriles is 1. The first-order valence-corrected chi connectivity index (χ1v) is 20.2. The highest BCUT2D eigenvalue weighted by molar-refractivity contribution is 9.10. The molecule has 0 unspecified atom stereocenters. The number of benzene rings is 6. The molecular formula is C44H18BrClF28N2O2. The highest BCUT2D eigenvalue weighted by Crippen LogP contribution is 2.37. The lowest BCUT2D eigenvalue weighted by Crippen LogP contribution is -2.16. The van der Waals surface area contributed by atoms with Gasteiger partial charge in [0, 0.05) is 33.4 Å². The second kappa shape index (κ2) is 27.1. The molecule has 0 amide bonds. The number of nitrogens with zero attached hydrogens (tertiary/aromatic N) is 2. The van der Waals surface area contributed by atoms with E-state index in [-0.39, 0.29) is 0 Å². The first kappa shape index (κ1) is 69.0. The number of hydrogen-bond acceptors (Lipinski definition) is 3. The molecule has 0 saturated carbocycles. The van der Waals surface area contributed by atoms with Crippen molar-refractivity contribution < 1.29 is 128 Å². The predicted molar refractivity (Wildman–Crippen MR) is 215 cm³/mol. The van der Waals surface area contributed by atoms with Crippen molar-refractivity contribution in [2.45, 2.75) is 47.7 Å². The third kappa shape index (κ3) is 14.4. The molecule has 0 saturated heterocycles. The van der Waals surface area contributed by atoms with Gasteiger partial charge in [-0.1, -0.05) is 11.6 Å². The maximum atomic E-state index is 12.7. The van der Waals surface area contributed by atoms with Crippen LogP contribution >= 0.6 is 27.5 Å². The lowest BCUT2D eigenvalue weighted by atomic mass is 10.1. The second-order valence-corrected chi connectivity index (χ2v) is 15.4. The molecule has 426 valence electrons. The number of nitro benzene ring substituents is 1. The number of alkyl halides is 3. The molecular weight excluding hydrogens is 1240 g/mol. The molecule has 0 aliphatic rings. The molecule has 0 bridgehead atoms. The summed E-state index contributed by atoms with van der Waals surface area (Å²) in [6.07, 6.45) is -5.48. The summed E-state index contributed by atoms with van der Waals surface area (Å²) in [5.74, 6) is -43.9. The summed E-state index contributed by atoms with van der Waals surface area (Å²) >= 11 is 7.32. The third-order valence-corrected chi connectivity index (χ3v) is 10.3. The molecule has 0 fully saturated rings. The third-order valence-electron chi connectivity index (χ3n) is 9.29. The Labute approximate surface area is 429 Å². The van der Waals surface area contributed by atoms with E-state index in [1.807, 2.05) is 0 Å². The second-order valence-electron chi connectivity index (χ2n) is 14.2. The van der Waals surface area contributed by atoms with Crippen molar-refractivity contribution in [3.05, 3.63) is 210 Å². The van der Waals surface area contributed by atoms with Crippen LogP contribution in [0.15, 0.2) is 4.47 Å². The quantitative estimate of drug-likeness (QED) is 0.0542. The van der Waals surface area contributed by atoms with Gasteiger partial charge >= 0.3 is 11.9 Å². The maximum absolute atomic E-state index is 12.7. The van der Waals surface area contributed by atoms with Crippen molar-refractivity contribution in [3.8, 4) is 6.07 Å². The molecule has 0 spiro atoms. The van der Waals surface area contributed by atoms with Crippen molar-refractivity contribution in [1.82, 2.24) is 0 Å². The van der Waals surface area contributed by atoms with Crippen molar-refractivity contribution in [2.75, 3.05) is 0 Å². The van der Waals surface area contributed by atoms with Gasteiger partial charge in [0.15, 0.2) is 128 Å². The molecule has 0 aliphatic heterocycles. The van der Waals surface area contributed by atoms with E-state index in [9.17, 15) is 133 Å². The smallest absolute Gasteiger partial charge is 0.258 e.